The van der Waals surface area contributed by atoms with Gasteiger partial charge in [-0.15, -0.1) is 0 Å². The zero-order valence-corrected chi connectivity index (χ0v) is 16.0. The van der Waals surface area contributed by atoms with Gasteiger partial charge in [0.1, 0.15) is 11.4 Å². The van der Waals surface area contributed by atoms with Gasteiger partial charge in [0, 0.05) is 30.5 Å². The van der Waals surface area contributed by atoms with Gasteiger partial charge in [-0.2, -0.15) is 23.4 Å². The van der Waals surface area contributed by atoms with Crippen molar-refractivity contribution in [2.24, 2.45) is 0 Å². The van der Waals surface area contributed by atoms with Crippen LogP contribution < -0.4 is 5.32 Å². The first kappa shape index (κ1) is 18.8. The van der Waals surface area contributed by atoms with Crippen LogP contribution in [-0.2, 0) is 25.7 Å². The summed E-state index contributed by atoms with van der Waals surface area (Å²) < 4.78 is 42.6. The van der Waals surface area contributed by atoms with Crippen molar-refractivity contribution in [3.05, 3.63) is 53.2 Å². The van der Waals surface area contributed by atoms with Crippen LogP contribution in [0.3, 0.4) is 0 Å². The van der Waals surface area contributed by atoms with E-state index < -0.39 is 11.9 Å². The molecule has 0 saturated heterocycles. The molecule has 0 fully saturated rings. The van der Waals surface area contributed by atoms with Gasteiger partial charge in [-0.05, 0) is 49.9 Å². The normalized spacial score (nSPS) is 18.2. The van der Waals surface area contributed by atoms with Crippen LogP contribution in [0.25, 0.3) is 11.3 Å². The second-order valence-electron chi connectivity index (χ2n) is 7.62. The average molecular weight is 416 g/mol. The van der Waals surface area contributed by atoms with E-state index in [0.717, 1.165) is 55.9 Å². The van der Waals surface area contributed by atoms with Crippen LogP contribution in [0.1, 0.15) is 52.9 Å². The van der Waals surface area contributed by atoms with Crippen LogP contribution in [0.4, 0.5) is 13.2 Å². The molecule has 1 amide bonds. The molecule has 0 spiro atoms. The Kier molecular flexibility index (Phi) is 4.37. The molecule has 5 heterocycles. The molecule has 7 nitrogen and oxygen atoms in total. The van der Waals surface area contributed by atoms with Gasteiger partial charge < -0.3 is 5.32 Å². The summed E-state index contributed by atoms with van der Waals surface area (Å²) in [6, 6.07) is 5.79. The lowest BCUT2D eigenvalue weighted by molar-refractivity contribution is -0.141. The lowest BCUT2D eigenvalue weighted by atomic mass is 10.0. The number of alkyl halides is 3. The first-order valence-electron chi connectivity index (χ1n) is 9.87. The zero-order chi connectivity index (χ0) is 20.9. The van der Waals surface area contributed by atoms with Crippen LogP contribution in [-0.4, -0.2) is 30.5 Å². The third-order valence-electron chi connectivity index (χ3n) is 5.58. The van der Waals surface area contributed by atoms with Gasteiger partial charge in [0.15, 0.2) is 0 Å². The highest BCUT2D eigenvalue weighted by molar-refractivity contribution is 5.92. The SMILES string of the molecule is O=C(N[C@H]1CCCn2nc(-c3ccnc(C(F)(F)F)c3)cc21)c1cc2n(n1)CCC2. The summed E-state index contributed by atoms with van der Waals surface area (Å²) in [7, 11) is 0. The van der Waals surface area contributed by atoms with Crippen molar-refractivity contribution in [1.82, 2.24) is 29.9 Å². The summed E-state index contributed by atoms with van der Waals surface area (Å²) in [5, 5.41) is 11.8. The molecule has 0 aromatic carbocycles. The number of aromatic nitrogens is 5. The van der Waals surface area contributed by atoms with Crippen LogP contribution in [0, 0.1) is 0 Å². The number of hydrogen-bond donors (Lipinski definition) is 1. The van der Waals surface area contributed by atoms with E-state index in [4.69, 9.17) is 0 Å². The van der Waals surface area contributed by atoms with Crippen molar-refractivity contribution in [3.8, 4) is 11.3 Å². The maximum absolute atomic E-state index is 13.0. The molecule has 0 aliphatic carbocycles. The van der Waals surface area contributed by atoms with E-state index in [0.29, 0.717) is 23.5 Å². The van der Waals surface area contributed by atoms with Gasteiger partial charge in [-0.1, -0.05) is 0 Å². The molecule has 5 rings (SSSR count). The van der Waals surface area contributed by atoms with Crippen molar-refractivity contribution >= 4 is 5.91 Å². The van der Waals surface area contributed by atoms with Gasteiger partial charge in [-0.3, -0.25) is 19.1 Å². The van der Waals surface area contributed by atoms with E-state index in [1.165, 1.54) is 6.07 Å². The summed E-state index contributed by atoms with van der Waals surface area (Å²) in [5.41, 5.74) is 2.06. The van der Waals surface area contributed by atoms with Crippen LogP contribution >= 0.6 is 0 Å². The highest BCUT2D eigenvalue weighted by atomic mass is 19.4. The summed E-state index contributed by atoms with van der Waals surface area (Å²) >= 11 is 0. The average Bonchev–Trinajstić information content (AvgIpc) is 3.42. The number of halogens is 3. The van der Waals surface area contributed by atoms with Gasteiger partial charge in [0.2, 0.25) is 0 Å². The third kappa shape index (κ3) is 3.35. The molecular formula is C20H19F3N6O. The number of nitrogens with zero attached hydrogens (tertiary/aromatic N) is 5. The first-order chi connectivity index (χ1) is 14.4. The minimum Gasteiger partial charge on any atom is -0.342 e. The Hall–Kier alpha value is -3.17. The summed E-state index contributed by atoms with van der Waals surface area (Å²) in [6.07, 6.45) is 0.119. The lowest BCUT2D eigenvalue weighted by Gasteiger charge is -2.24. The number of fused-ring (bicyclic) bond motifs is 2. The molecule has 156 valence electrons. The molecule has 0 unspecified atom stereocenters. The highest BCUT2D eigenvalue weighted by Gasteiger charge is 2.33. The molecule has 2 aliphatic rings. The third-order valence-corrected chi connectivity index (χ3v) is 5.58. The van der Waals surface area contributed by atoms with E-state index in [-0.39, 0.29) is 11.9 Å². The Morgan fingerprint density at radius 2 is 1.93 bits per heavy atom. The fourth-order valence-electron chi connectivity index (χ4n) is 4.12. The second-order valence-corrected chi connectivity index (χ2v) is 7.62. The summed E-state index contributed by atoms with van der Waals surface area (Å²) in [4.78, 5) is 16.1. The largest absolute Gasteiger partial charge is 0.433 e. The molecular weight excluding hydrogens is 397 g/mol. The standard InChI is InChI=1S/C20H19F3N6O/c21-20(22,23)18-9-12(5-6-24-18)15-11-17-14(4-2-8-29(17)26-15)25-19(30)16-10-13-3-1-7-28(13)27-16/h5-6,9-11,14H,1-4,7-8H2,(H,25,30)/t14-/m0/s1. The Balaban J connectivity index is 1.40. The zero-order valence-electron chi connectivity index (χ0n) is 16.0. The molecule has 0 saturated carbocycles. The number of nitrogens with one attached hydrogen (secondary N) is 1. The summed E-state index contributed by atoms with van der Waals surface area (Å²) in [6.45, 7) is 1.48. The van der Waals surface area contributed by atoms with Crippen molar-refractivity contribution in [3.63, 3.8) is 0 Å². The molecule has 3 aromatic rings. The fourth-order valence-corrected chi connectivity index (χ4v) is 4.12. The Morgan fingerprint density at radius 1 is 1.10 bits per heavy atom. The van der Waals surface area contributed by atoms with Gasteiger partial charge in [-0.25, -0.2) is 0 Å². The molecule has 0 radical (unpaired) electrons. The second kappa shape index (κ2) is 6.96. The molecule has 1 atom stereocenters. The first-order valence-corrected chi connectivity index (χ1v) is 9.87. The van der Waals surface area contributed by atoms with Crippen molar-refractivity contribution in [2.75, 3.05) is 0 Å². The monoisotopic (exact) mass is 416 g/mol. The Labute approximate surface area is 169 Å². The van der Waals surface area contributed by atoms with E-state index in [2.05, 4.69) is 20.5 Å². The Morgan fingerprint density at radius 3 is 2.73 bits per heavy atom. The van der Waals surface area contributed by atoms with Crippen molar-refractivity contribution in [2.45, 2.75) is 51.0 Å². The molecule has 10 heteroatoms. The van der Waals surface area contributed by atoms with Crippen LogP contribution in [0.5, 0.6) is 0 Å². The quantitative estimate of drug-likeness (QED) is 0.710. The van der Waals surface area contributed by atoms with E-state index in [1.807, 2.05) is 10.7 Å². The molecule has 2 aliphatic heterocycles. The minimum absolute atomic E-state index is 0.249. The number of rotatable bonds is 3. The maximum Gasteiger partial charge on any atom is 0.433 e. The van der Waals surface area contributed by atoms with Crippen molar-refractivity contribution < 1.29 is 18.0 Å². The van der Waals surface area contributed by atoms with Crippen LogP contribution in [0.2, 0.25) is 0 Å². The predicted octanol–water partition coefficient (Wildman–Crippen LogP) is 3.37. The number of aryl methyl sites for hydroxylation is 3. The number of pyridine rings is 1. The number of carbonyl (C=O) groups excluding carboxylic acids is 1. The minimum atomic E-state index is -4.52. The maximum atomic E-state index is 13.0. The number of amides is 1. The number of carbonyl (C=O) groups is 1. The molecule has 30 heavy (non-hydrogen) atoms. The predicted molar refractivity (Wildman–Crippen MR) is 100 cm³/mol. The van der Waals surface area contributed by atoms with E-state index >= 15 is 0 Å². The van der Waals surface area contributed by atoms with E-state index in [9.17, 15) is 18.0 Å². The summed E-state index contributed by atoms with van der Waals surface area (Å²) in [5.74, 6) is -0.249. The van der Waals surface area contributed by atoms with E-state index in [1.54, 1.807) is 10.7 Å². The molecule has 3 aromatic heterocycles. The van der Waals surface area contributed by atoms with Gasteiger partial charge >= 0.3 is 6.18 Å². The van der Waals surface area contributed by atoms with Crippen LogP contribution in [0.15, 0.2) is 30.5 Å². The smallest absolute Gasteiger partial charge is 0.342 e. The van der Waals surface area contributed by atoms with Crippen molar-refractivity contribution in [1.29, 1.82) is 0 Å². The molecule has 0 bridgehead atoms. The number of hydrogen-bond acceptors (Lipinski definition) is 4. The van der Waals surface area contributed by atoms with Gasteiger partial charge in [0.05, 0.1) is 17.4 Å². The lowest BCUT2D eigenvalue weighted by Crippen LogP contribution is -2.33. The Bertz CT molecular complexity index is 1090. The fraction of sp³-hybridized carbons (Fsp3) is 0.400. The van der Waals surface area contributed by atoms with Gasteiger partial charge in [0.25, 0.3) is 5.91 Å². The molecule has 1 N–H and O–H groups in total. The topological polar surface area (TPSA) is 77.6 Å². The highest BCUT2D eigenvalue weighted by Crippen LogP contribution is 2.33.